The minimum absolute atomic E-state index is 0.135. The molecule has 3 saturated heterocycles. The van der Waals surface area contributed by atoms with Crippen LogP contribution in [-0.4, -0.2) is 261 Å². The molecule has 0 radical (unpaired) electrons. The summed E-state index contributed by atoms with van der Waals surface area (Å²) in [6, 6.07) is 2.72. The summed E-state index contributed by atoms with van der Waals surface area (Å²) in [6.07, 6.45) is -16.4. The SMILES string of the molecule is CN[C@H](CC(C)C)C(=O)N[C@H]1C(=O)N[C@@H](CC(N)=O)C(=O)N[C@H]2C(=O)N[C@H]3C(=O)N[C@H](C(=O)N[C@H](C(=O)NCCC(=O)Nc4nc(/C(=N/OC)C(=O)N[C@@H]5C(=O)N6C(C(=O)O)=C(C[n+]7ccccc7)CS[C@H]56)c(Cl)s4)c4cc(O)cc(O)c4-c4cc3ccc4O)[C@H](O)c3ccc(c(Cl)c3)Oc3cc2cc(c3O[C@@H]2O[C@H](CO)[C@@H](O)[C@H](O)[C@H]2O[C@H]2C[C@](C)(N)[C@H](O)[C@H](C)O2)Oc2ccc(cc2Cl)[C@H]1O. The number of aliphatic hydroxyl groups is 6. The van der Waals surface area contributed by atoms with E-state index in [0.717, 1.165) is 78.7 Å². The Morgan fingerprint density at radius 1 is 0.754 bits per heavy atom. The summed E-state index contributed by atoms with van der Waals surface area (Å²) < 4.78 is 40.2. The van der Waals surface area contributed by atoms with Crippen molar-refractivity contribution in [3.63, 3.8) is 0 Å². The fourth-order valence-electron chi connectivity index (χ4n) is 16.6. The Kier molecular flexibility index (Phi) is 31.1. The van der Waals surface area contributed by atoms with Crippen molar-refractivity contribution in [1.82, 2.24) is 57.7 Å². The molecule has 9 aliphatic heterocycles. The number of hydrogen-bond acceptors (Lipinski definition) is 34. The van der Waals surface area contributed by atoms with Gasteiger partial charge < -0.3 is 149 Å². The molecule has 9 aliphatic rings. The Labute approximate surface area is 806 Å². The number of aliphatic carboxylic acids is 1. The lowest BCUT2D eigenvalue weighted by Gasteiger charge is -2.49. The molecule has 50 heteroatoms. The lowest BCUT2D eigenvalue weighted by atomic mass is 9.86. The topological polar surface area (TPSA) is 676 Å². The number of thioether (sulfide) groups is 1. The maximum Gasteiger partial charge on any atom is 0.352 e. The van der Waals surface area contributed by atoms with Crippen LogP contribution in [0.2, 0.25) is 14.4 Å². The van der Waals surface area contributed by atoms with E-state index in [1.807, 2.05) is 0 Å². The van der Waals surface area contributed by atoms with Gasteiger partial charge in [0.15, 0.2) is 53.7 Å². The molecule has 45 nitrogen and oxygen atoms in total. The minimum atomic E-state index is -2.42. The maximum absolute atomic E-state index is 16.4. The number of carboxylic acids is 1. The van der Waals surface area contributed by atoms with Crippen LogP contribution in [0.4, 0.5) is 5.13 Å². The van der Waals surface area contributed by atoms with E-state index in [-0.39, 0.29) is 68.8 Å². The van der Waals surface area contributed by atoms with Crippen LogP contribution in [0.15, 0.2) is 126 Å². The van der Waals surface area contributed by atoms with Crippen LogP contribution in [0.5, 0.6) is 46.0 Å². The monoisotopic (exact) mass is 2010 g/mol. The van der Waals surface area contributed by atoms with Gasteiger partial charge in [-0.15, -0.1) is 11.8 Å². The Morgan fingerprint density at radius 3 is 2.04 bits per heavy atom. The molecule has 0 unspecified atom stereocenters. The summed E-state index contributed by atoms with van der Waals surface area (Å²) >= 11 is 22.8. The number of aromatic hydroxyl groups is 3. The van der Waals surface area contributed by atoms with Crippen molar-refractivity contribution < 1.29 is 146 Å². The van der Waals surface area contributed by atoms with Gasteiger partial charge in [-0.2, -0.15) is 0 Å². The number of thiazole rings is 1. The summed E-state index contributed by atoms with van der Waals surface area (Å²) in [5, 5.41) is 144. The molecule has 11 amide bonds. The first kappa shape index (κ1) is 101. The number of likely N-dealkylation sites (N-methyl/N-ethyl adjacent to an activating group) is 1. The maximum atomic E-state index is 16.4. The fraction of sp³-hybridized carbons (Fsp3) is 0.398. The number of fused-ring (bicyclic) bond motifs is 16. The first-order valence-electron chi connectivity index (χ1n) is 42.8. The van der Waals surface area contributed by atoms with Crippen LogP contribution < -0.4 is 83.4 Å². The molecule has 138 heavy (non-hydrogen) atoms. The highest BCUT2D eigenvalue weighted by Crippen LogP contribution is 2.51. The van der Waals surface area contributed by atoms with Crippen molar-refractivity contribution in [3.05, 3.63) is 169 Å². The smallest absolute Gasteiger partial charge is 0.352 e. The average Bonchev–Trinajstić information content (AvgIpc) is 1.08. The number of β-lactam (4-membered cyclic amide) rings is 1. The molecule has 0 spiro atoms. The second-order valence-corrected chi connectivity index (χ2v) is 37.4. The molecule has 734 valence electrons. The number of anilines is 1. The molecule has 11 bridgehead atoms. The summed E-state index contributed by atoms with van der Waals surface area (Å²) in [4.78, 5) is 186. The Hall–Kier alpha value is -12.7. The van der Waals surface area contributed by atoms with Crippen LogP contribution in [-0.2, 0) is 83.1 Å². The van der Waals surface area contributed by atoms with Gasteiger partial charge >= 0.3 is 5.97 Å². The van der Waals surface area contributed by atoms with Gasteiger partial charge in [0.25, 0.3) is 11.8 Å². The van der Waals surface area contributed by atoms with E-state index in [2.05, 4.69) is 63.3 Å². The number of nitrogens with two attached hydrogens (primary N) is 2. The summed E-state index contributed by atoms with van der Waals surface area (Å²) in [6.45, 7) is 5.07. The number of oxime groups is 1. The molecule has 3 fully saturated rings. The molecule has 20 atom stereocenters. The molecule has 24 N–H and O–H groups in total. The summed E-state index contributed by atoms with van der Waals surface area (Å²) in [5.41, 5.74) is 7.07. The Bertz CT molecular complexity index is 6040. The van der Waals surface area contributed by atoms with Gasteiger partial charge in [-0.3, -0.25) is 57.6 Å². The Balaban J connectivity index is 0.833. The number of nitrogens with zero attached hydrogens (tertiary/aromatic N) is 4. The molecule has 0 saturated carbocycles. The van der Waals surface area contributed by atoms with Gasteiger partial charge in [0.05, 0.1) is 41.3 Å². The van der Waals surface area contributed by atoms with Gasteiger partial charge in [-0.25, -0.2) is 14.3 Å². The van der Waals surface area contributed by atoms with E-state index in [0.29, 0.717) is 16.9 Å². The van der Waals surface area contributed by atoms with Crippen molar-refractivity contribution in [2.45, 2.75) is 181 Å². The number of primary amides is 1. The second-order valence-electron chi connectivity index (χ2n) is 33.9. The van der Waals surface area contributed by atoms with Crippen molar-refractivity contribution >= 4 is 140 Å². The zero-order valence-electron chi connectivity index (χ0n) is 73.7. The van der Waals surface area contributed by atoms with Crippen molar-refractivity contribution in [3.8, 4) is 57.1 Å². The van der Waals surface area contributed by atoms with E-state index in [4.69, 9.17) is 79.5 Å². The van der Waals surface area contributed by atoms with Gasteiger partial charge in [0.2, 0.25) is 65.2 Å². The van der Waals surface area contributed by atoms with E-state index < -0.39 is 301 Å². The largest absolute Gasteiger partial charge is 0.508 e. The molecular formula is C88H96Cl3N16O29S2+. The number of halogens is 3. The summed E-state index contributed by atoms with van der Waals surface area (Å²) in [7, 11) is 2.55. The average molecular weight is 2010 g/mol. The standard InChI is InChI=1S/C88H95Cl3N16O29S2/c1-33(2)20-45(94-5)75(119)101-63-67(114)36-11-14-49(43(89)22-36)132-51-24-38-25-52(71(51)136-86-72(70(117)69(116)53(31-108)134-86)135-56-29-88(4,93)73(118)34(3)131-56)133-50-15-12-37(23-44(50)90)68(115)64-82(126)100-60(42-26-40(109)27-48(111)57(42)41-21-35(10-13-47(41)110)58(78(122)102-64)99-79(123)59(38)98-76(120)46(28-54(92)112)96-81(63)125)77(121)95-17-16-55(113)97-87-104-61(74(91)138-87)62(105-130-6)80(124)103-65-83(127)107-66(85(128)129)39(32-137-84(65)107)30-106-18-8-7-9-19-106/h7-15,18-19,21-27,33-34,45-46,53,56,58-60,63-65,67-70,72-73,84,86,94,108,114-118H,16-17,20,28-32,93H2,1-6H3,(H14-,92,95,96,97,98,99,100,101,102,103,104,105,109,110,111,112,113,119,120,121,122,123,124,125,126,128,129)/p+1/t34-,45+,46-,53+,56-,58+,59+,60-,63+,64-,65+,67+,68+,69+,70-,72+,73+,84+,86-,88-/m0/s1. The van der Waals surface area contributed by atoms with E-state index in [1.54, 1.807) is 49.0 Å². The first-order valence-corrected chi connectivity index (χ1v) is 45.8. The number of phenolic OH excluding ortho intramolecular Hbond substituents is 3. The number of carboxylic acid groups (broad SMARTS) is 1. The van der Waals surface area contributed by atoms with Crippen molar-refractivity contribution in [2.75, 3.05) is 38.4 Å². The fourth-order valence-corrected chi connectivity index (χ4v) is 19.5. The predicted octanol–water partition coefficient (Wildman–Crippen LogP) is 0.353. The molecule has 0 aliphatic carbocycles. The Morgan fingerprint density at radius 2 is 1.41 bits per heavy atom. The van der Waals surface area contributed by atoms with Crippen LogP contribution in [0.3, 0.4) is 0 Å². The minimum Gasteiger partial charge on any atom is -0.508 e. The predicted molar refractivity (Wildman–Crippen MR) is 485 cm³/mol. The number of aliphatic hydroxyl groups excluding tert-OH is 6. The number of ether oxygens (including phenoxy) is 6. The van der Waals surface area contributed by atoms with Crippen LogP contribution >= 0.6 is 57.9 Å². The third-order valence-corrected chi connectivity index (χ3v) is 26.7. The lowest BCUT2D eigenvalue weighted by Crippen LogP contribution is -2.71. The highest BCUT2D eigenvalue weighted by atomic mass is 35.5. The third kappa shape index (κ3) is 21.7. The van der Waals surface area contributed by atoms with E-state index in [1.165, 1.54) is 44.8 Å². The molecule has 7 aromatic rings. The van der Waals surface area contributed by atoms with E-state index in [9.17, 15) is 79.8 Å². The number of nitrogens with one attached hydrogen (secondary N) is 10. The van der Waals surface area contributed by atoms with Crippen LogP contribution in [0.1, 0.15) is 117 Å². The van der Waals surface area contributed by atoms with Crippen molar-refractivity contribution in [2.24, 2.45) is 22.5 Å². The second kappa shape index (κ2) is 42.3. The highest BCUT2D eigenvalue weighted by Gasteiger charge is 2.56. The number of carbonyl (C=O) groups excluding carboxylic acids is 11. The van der Waals surface area contributed by atoms with E-state index >= 15 is 28.8 Å². The number of hydrogen-bond donors (Lipinski definition) is 22. The number of aromatic nitrogens is 2. The third-order valence-electron chi connectivity index (χ3n) is 23.6. The highest BCUT2D eigenvalue weighted by molar-refractivity contribution is 8.00. The number of phenols is 3. The molecule has 11 heterocycles. The number of benzene rings is 5. The number of amides is 11. The van der Waals surface area contributed by atoms with Gasteiger partial charge in [-0.05, 0) is 116 Å². The zero-order valence-corrected chi connectivity index (χ0v) is 77.6. The normalized spacial score (nSPS) is 26.8. The van der Waals surface area contributed by atoms with Crippen LogP contribution in [0.25, 0.3) is 11.1 Å². The lowest BCUT2D eigenvalue weighted by molar-refractivity contribution is -0.689. The number of carbonyl (C=O) groups is 12. The van der Waals surface area contributed by atoms with Gasteiger partial charge in [0, 0.05) is 65.6 Å². The molecule has 5 aromatic carbocycles. The number of rotatable bonds is 24. The first-order chi connectivity index (χ1) is 65.5. The molecule has 16 rings (SSSR count). The summed E-state index contributed by atoms with van der Waals surface area (Å²) in [5.74, 6) is -20.0. The zero-order chi connectivity index (χ0) is 99.6. The molecule has 2 aromatic heterocycles. The van der Waals surface area contributed by atoms with Gasteiger partial charge in [-0.1, -0.05) is 89.4 Å². The van der Waals surface area contributed by atoms with Crippen LogP contribution in [0, 0.1) is 5.92 Å². The molecular weight excluding hydrogens is 1920 g/mol. The van der Waals surface area contributed by atoms with Crippen molar-refractivity contribution in [1.29, 1.82) is 0 Å². The quantitative estimate of drug-likeness (QED) is 0.0168. The number of pyridine rings is 1. The van der Waals surface area contributed by atoms with Gasteiger partial charge in [0.1, 0.15) is 130 Å².